The van der Waals surface area contributed by atoms with Crippen LogP contribution in [0.1, 0.15) is 43.7 Å². The van der Waals surface area contributed by atoms with E-state index in [0.29, 0.717) is 5.92 Å². The van der Waals surface area contributed by atoms with Gasteiger partial charge in [0.25, 0.3) is 0 Å². The van der Waals surface area contributed by atoms with Gasteiger partial charge < -0.3 is 15.0 Å². The lowest BCUT2D eigenvalue weighted by Gasteiger charge is -2.31. The largest absolute Gasteiger partial charge is 0.497 e. The number of aromatic nitrogens is 3. The van der Waals surface area contributed by atoms with Crippen molar-refractivity contribution in [2.45, 2.75) is 38.1 Å². The Kier molecular flexibility index (Phi) is 4.55. The van der Waals surface area contributed by atoms with Crippen LogP contribution in [0.2, 0.25) is 0 Å². The highest BCUT2D eigenvalue weighted by molar-refractivity contribution is 5.85. The molecule has 0 radical (unpaired) electrons. The number of hydrogen-bond acceptors (Lipinski definition) is 4. The summed E-state index contributed by atoms with van der Waals surface area (Å²) in [7, 11) is 1.71. The SMILES string of the molecule is COc1ccc2[nH]cc(C(Nc3ccncn3)C3CCCCC3)c2c1. The van der Waals surface area contributed by atoms with Crippen molar-refractivity contribution >= 4 is 16.7 Å². The molecule has 2 heterocycles. The van der Waals surface area contributed by atoms with Crippen molar-refractivity contribution in [2.75, 3.05) is 12.4 Å². The maximum Gasteiger partial charge on any atom is 0.129 e. The molecule has 25 heavy (non-hydrogen) atoms. The first-order valence-electron chi connectivity index (χ1n) is 9.03. The zero-order chi connectivity index (χ0) is 17.1. The van der Waals surface area contributed by atoms with Crippen LogP contribution in [-0.2, 0) is 0 Å². The molecule has 4 rings (SSSR count). The van der Waals surface area contributed by atoms with Crippen LogP contribution in [0.5, 0.6) is 5.75 Å². The lowest BCUT2D eigenvalue weighted by atomic mass is 9.81. The molecule has 0 bridgehead atoms. The van der Waals surface area contributed by atoms with Gasteiger partial charge in [-0.1, -0.05) is 19.3 Å². The van der Waals surface area contributed by atoms with Crippen molar-refractivity contribution in [3.05, 3.63) is 48.5 Å². The maximum absolute atomic E-state index is 5.44. The monoisotopic (exact) mass is 336 g/mol. The van der Waals surface area contributed by atoms with Crippen LogP contribution >= 0.6 is 0 Å². The van der Waals surface area contributed by atoms with Crippen LogP contribution < -0.4 is 10.1 Å². The molecule has 0 spiro atoms. The molecular weight excluding hydrogens is 312 g/mol. The van der Waals surface area contributed by atoms with E-state index in [1.165, 1.54) is 43.1 Å². The lowest BCUT2D eigenvalue weighted by molar-refractivity contribution is 0.321. The highest BCUT2D eigenvalue weighted by Crippen LogP contribution is 2.39. The summed E-state index contributed by atoms with van der Waals surface area (Å²) in [4.78, 5) is 11.8. The molecule has 3 aromatic rings. The molecule has 2 aromatic heterocycles. The third-order valence-corrected chi connectivity index (χ3v) is 5.26. The number of anilines is 1. The number of aromatic amines is 1. The summed E-state index contributed by atoms with van der Waals surface area (Å²) in [5.41, 5.74) is 2.43. The fraction of sp³-hybridized carbons (Fsp3) is 0.400. The Labute approximate surface area is 147 Å². The van der Waals surface area contributed by atoms with Crippen molar-refractivity contribution in [2.24, 2.45) is 5.92 Å². The summed E-state index contributed by atoms with van der Waals surface area (Å²) in [5.74, 6) is 2.37. The number of H-pyrrole nitrogens is 1. The molecule has 1 aliphatic rings. The Morgan fingerprint density at radius 2 is 2.08 bits per heavy atom. The number of methoxy groups -OCH3 is 1. The Balaban J connectivity index is 1.74. The van der Waals surface area contributed by atoms with Gasteiger partial charge in [0.15, 0.2) is 0 Å². The second-order valence-corrected chi connectivity index (χ2v) is 6.77. The number of rotatable bonds is 5. The number of nitrogens with one attached hydrogen (secondary N) is 2. The minimum absolute atomic E-state index is 0.232. The van der Waals surface area contributed by atoms with Gasteiger partial charge >= 0.3 is 0 Å². The van der Waals surface area contributed by atoms with E-state index in [-0.39, 0.29) is 6.04 Å². The summed E-state index contributed by atoms with van der Waals surface area (Å²) < 4.78 is 5.44. The van der Waals surface area contributed by atoms with Crippen LogP contribution in [0.15, 0.2) is 43.0 Å². The smallest absolute Gasteiger partial charge is 0.129 e. The van der Waals surface area contributed by atoms with Gasteiger partial charge in [-0.3, -0.25) is 0 Å². The minimum atomic E-state index is 0.232. The molecule has 1 atom stereocenters. The molecule has 2 N–H and O–H groups in total. The van der Waals surface area contributed by atoms with E-state index in [9.17, 15) is 0 Å². The average Bonchev–Trinajstić information content (AvgIpc) is 3.10. The Hall–Kier alpha value is -2.56. The summed E-state index contributed by atoms with van der Waals surface area (Å²) in [6, 6.07) is 8.37. The van der Waals surface area contributed by atoms with E-state index < -0.39 is 0 Å². The van der Waals surface area contributed by atoms with Gasteiger partial charge in [0.2, 0.25) is 0 Å². The first kappa shape index (κ1) is 15.9. The maximum atomic E-state index is 5.44. The molecule has 1 aliphatic carbocycles. The number of nitrogens with zero attached hydrogens (tertiary/aromatic N) is 2. The molecule has 1 saturated carbocycles. The highest BCUT2D eigenvalue weighted by atomic mass is 16.5. The molecule has 1 unspecified atom stereocenters. The summed E-state index contributed by atoms with van der Waals surface area (Å²) in [5, 5.41) is 4.89. The van der Waals surface area contributed by atoms with Gasteiger partial charge in [0, 0.05) is 28.9 Å². The van der Waals surface area contributed by atoms with Crippen LogP contribution in [-0.4, -0.2) is 22.1 Å². The first-order valence-corrected chi connectivity index (χ1v) is 9.03. The van der Waals surface area contributed by atoms with Crippen molar-refractivity contribution in [1.82, 2.24) is 15.0 Å². The molecule has 0 aliphatic heterocycles. The van der Waals surface area contributed by atoms with Crippen LogP contribution in [0.25, 0.3) is 10.9 Å². The molecular formula is C20H24N4O. The molecule has 1 aromatic carbocycles. The van der Waals surface area contributed by atoms with E-state index in [1.54, 1.807) is 19.6 Å². The molecule has 130 valence electrons. The molecule has 5 heteroatoms. The number of ether oxygens (including phenoxy) is 1. The normalized spacial score (nSPS) is 16.7. The number of hydrogen-bond donors (Lipinski definition) is 2. The standard InChI is InChI=1S/C20H24N4O/c1-25-15-7-8-18-16(11-15)17(12-22-18)20(14-5-3-2-4-6-14)24-19-9-10-21-13-23-19/h7-14,20,22H,2-6H2,1H3,(H,21,23,24). The highest BCUT2D eigenvalue weighted by Gasteiger charge is 2.27. The first-order chi connectivity index (χ1) is 12.3. The predicted molar refractivity (Wildman–Crippen MR) is 99.8 cm³/mol. The predicted octanol–water partition coefficient (Wildman–Crippen LogP) is 4.70. The topological polar surface area (TPSA) is 62.8 Å². The summed E-state index contributed by atoms with van der Waals surface area (Å²) in [6.45, 7) is 0. The Bertz CT molecular complexity index is 824. The zero-order valence-corrected chi connectivity index (χ0v) is 14.5. The second-order valence-electron chi connectivity index (χ2n) is 6.77. The van der Waals surface area contributed by atoms with E-state index in [2.05, 4.69) is 38.6 Å². The van der Waals surface area contributed by atoms with E-state index in [1.807, 2.05) is 12.1 Å². The quantitative estimate of drug-likeness (QED) is 0.709. The van der Waals surface area contributed by atoms with Crippen molar-refractivity contribution in [3.8, 4) is 5.75 Å². The molecule has 5 nitrogen and oxygen atoms in total. The lowest BCUT2D eigenvalue weighted by Crippen LogP contribution is -2.23. The Morgan fingerprint density at radius 3 is 2.84 bits per heavy atom. The van der Waals surface area contributed by atoms with Gasteiger partial charge in [-0.05, 0) is 43.0 Å². The van der Waals surface area contributed by atoms with E-state index >= 15 is 0 Å². The fourth-order valence-electron chi connectivity index (χ4n) is 3.96. The Morgan fingerprint density at radius 1 is 1.20 bits per heavy atom. The van der Waals surface area contributed by atoms with E-state index in [0.717, 1.165) is 17.1 Å². The van der Waals surface area contributed by atoms with Gasteiger partial charge in [0.1, 0.15) is 17.9 Å². The van der Waals surface area contributed by atoms with Crippen molar-refractivity contribution in [3.63, 3.8) is 0 Å². The number of benzene rings is 1. The van der Waals surface area contributed by atoms with Crippen LogP contribution in [0, 0.1) is 5.92 Å². The van der Waals surface area contributed by atoms with Gasteiger partial charge in [0.05, 0.1) is 13.2 Å². The van der Waals surface area contributed by atoms with Crippen molar-refractivity contribution in [1.29, 1.82) is 0 Å². The van der Waals surface area contributed by atoms with Crippen LogP contribution in [0.4, 0.5) is 5.82 Å². The second kappa shape index (κ2) is 7.13. The fourth-order valence-corrected chi connectivity index (χ4v) is 3.96. The third-order valence-electron chi connectivity index (χ3n) is 5.26. The van der Waals surface area contributed by atoms with Crippen LogP contribution in [0.3, 0.4) is 0 Å². The third kappa shape index (κ3) is 3.31. The van der Waals surface area contributed by atoms with Gasteiger partial charge in [-0.25, -0.2) is 9.97 Å². The minimum Gasteiger partial charge on any atom is -0.497 e. The number of fused-ring (bicyclic) bond motifs is 1. The zero-order valence-electron chi connectivity index (χ0n) is 14.5. The molecule has 0 amide bonds. The van der Waals surface area contributed by atoms with Gasteiger partial charge in [-0.2, -0.15) is 0 Å². The van der Waals surface area contributed by atoms with Crippen molar-refractivity contribution < 1.29 is 4.74 Å². The van der Waals surface area contributed by atoms with Gasteiger partial charge in [-0.15, -0.1) is 0 Å². The summed E-state index contributed by atoms with van der Waals surface area (Å²) in [6.07, 6.45) is 12.0. The summed E-state index contributed by atoms with van der Waals surface area (Å²) >= 11 is 0. The molecule has 1 fully saturated rings. The molecule has 0 saturated heterocycles. The van der Waals surface area contributed by atoms with E-state index in [4.69, 9.17) is 4.74 Å². The average molecular weight is 336 g/mol.